The maximum absolute atomic E-state index is 10.4. The van der Waals surface area contributed by atoms with Gasteiger partial charge in [0.25, 0.3) is 11.4 Å². The maximum atomic E-state index is 10.4. The molecule has 0 aliphatic rings. The highest BCUT2D eigenvalue weighted by Gasteiger charge is 2.08. The lowest BCUT2D eigenvalue weighted by atomic mass is 10.2. The van der Waals surface area contributed by atoms with E-state index in [1.165, 1.54) is 50.6 Å². The second-order valence-corrected chi connectivity index (χ2v) is 4.54. The average molecular weight is 361 g/mol. The molecule has 0 radical (unpaired) electrons. The molecular formula is C15H15N5O6. The summed E-state index contributed by atoms with van der Waals surface area (Å²) in [5.74, 6) is 0. The van der Waals surface area contributed by atoms with E-state index in [-0.39, 0.29) is 22.6 Å². The van der Waals surface area contributed by atoms with Crippen molar-refractivity contribution in [1.82, 2.24) is 0 Å². The summed E-state index contributed by atoms with van der Waals surface area (Å²) in [7, 11) is 2.87. The molecule has 0 aliphatic carbocycles. The van der Waals surface area contributed by atoms with Crippen LogP contribution in [0.3, 0.4) is 0 Å². The molecule has 2 aromatic rings. The lowest BCUT2D eigenvalue weighted by Crippen LogP contribution is -2.19. The summed E-state index contributed by atoms with van der Waals surface area (Å²) in [6.45, 7) is 0. The van der Waals surface area contributed by atoms with E-state index < -0.39 is 9.85 Å². The van der Waals surface area contributed by atoms with E-state index in [4.69, 9.17) is 20.7 Å². The third-order valence-corrected chi connectivity index (χ3v) is 2.97. The molecule has 2 aromatic carbocycles. The first-order valence-electron chi connectivity index (χ1n) is 6.90. The first kappa shape index (κ1) is 20.3. The number of benzene rings is 2. The molecule has 11 heteroatoms. The fourth-order valence-electron chi connectivity index (χ4n) is 1.74. The predicted molar refractivity (Wildman–Crippen MR) is 91.8 cm³/mol. The molecule has 26 heavy (non-hydrogen) atoms. The Balaban J connectivity index is 0.000000263. The molecule has 0 bridgehead atoms. The molecule has 11 nitrogen and oxygen atoms in total. The van der Waals surface area contributed by atoms with Crippen LogP contribution in [-0.4, -0.2) is 24.1 Å². The van der Waals surface area contributed by atoms with Crippen LogP contribution < -0.4 is 11.0 Å². The number of nitriles is 1. The fourth-order valence-corrected chi connectivity index (χ4v) is 1.74. The lowest BCUT2D eigenvalue weighted by molar-refractivity contribution is -0.385. The van der Waals surface area contributed by atoms with Crippen LogP contribution in [0.25, 0.3) is 0 Å². The van der Waals surface area contributed by atoms with Gasteiger partial charge in [-0.2, -0.15) is 5.26 Å². The molecule has 0 atom stereocenters. The highest BCUT2D eigenvalue weighted by Crippen LogP contribution is 2.19. The Hall–Kier alpha value is -3.75. The van der Waals surface area contributed by atoms with E-state index in [1.807, 2.05) is 0 Å². The average Bonchev–Trinajstić information content (AvgIpc) is 2.64. The molecule has 0 fully saturated rings. The second-order valence-electron chi connectivity index (χ2n) is 4.54. The Bertz CT molecular complexity index is 814. The summed E-state index contributed by atoms with van der Waals surface area (Å²) in [5, 5.41) is 30.2. The van der Waals surface area contributed by atoms with Crippen molar-refractivity contribution in [3.8, 4) is 6.07 Å². The van der Waals surface area contributed by atoms with Gasteiger partial charge in [-0.25, -0.2) is 0 Å². The molecule has 136 valence electrons. The van der Waals surface area contributed by atoms with Crippen molar-refractivity contribution < 1.29 is 19.5 Å². The molecule has 0 aliphatic heterocycles. The second kappa shape index (κ2) is 9.52. The highest BCUT2D eigenvalue weighted by molar-refractivity contribution is 5.58. The van der Waals surface area contributed by atoms with Gasteiger partial charge in [0, 0.05) is 30.0 Å². The molecule has 0 saturated carbocycles. The number of nitrogen functional groups attached to an aromatic ring is 1. The Morgan fingerprint density at radius 2 is 1.50 bits per heavy atom. The summed E-state index contributed by atoms with van der Waals surface area (Å²) in [6.07, 6.45) is 0. The minimum absolute atomic E-state index is 0.0286. The number of hydrogen-bond donors (Lipinski definition) is 1. The molecule has 0 aromatic heterocycles. The van der Waals surface area contributed by atoms with Gasteiger partial charge in [0.1, 0.15) is 6.07 Å². The number of anilines is 2. The minimum Gasteiger partial charge on any atom is -0.398 e. The number of rotatable bonds is 5. The molecule has 2 N–H and O–H groups in total. The van der Waals surface area contributed by atoms with Gasteiger partial charge in [0.2, 0.25) is 0 Å². The maximum Gasteiger partial charge on any atom is 0.270 e. The number of hydrogen-bond acceptors (Lipinski definition) is 9. The van der Waals surface area contributed by atoms with Crippen molar-refractivity contribution >= 4 is 22.7 Å². The summed E-state index contributed by atoms with van der Waals surface area (Å²) in [5.41, 5.74) is 6.22. The van der Waals surface area contributed by atoms with E-state index in [0.717, 1.165) is 11.3 Å². The van der Waals surface area contributed by atoms with E-state index in [1.54, 1.807) is 6.07 Å². The summed E-state index contributed by atoms with van der Waals surface area (Å²) >= 11 is 0. The van der Waals surface area contributed by atoms with E-state index in [9.17, 15) is 20.2 Å². The quantitative estimate of drug-likeness (QED) is 0.480. The molecule has 0 unspecified atom stereocenters. The molecule has 0 saturated heterocycles. The van der Waals surface area contributed by atoms with Gasteiger partial charge in [-0.05, 0) is 18.2 Å². The zero-order valence-corrected chi connectivity index (χ0v) is 13.9. The van der Waals surface area contributed by atoms with Crippen LogP contribution in [0.2, 0.25) is 0 Å². The van der Waals surface area contributed by atoms with Crippen molar-refractivity contribution in [1.29, 1.82) is 5.26 Å². The number of nitro benzene ring substituents is 2. The Morgan fingerprint density at radius 1 is 1.00 bits per heavy atom. The van der Waals surface area contributed by atoms with Crippen LogP contribution in [0.5, 0.6) is 0 Å². The zero-order chi connectivity index (χ0) is 19.7. The van der Waals surface area contributed by atoms with Crippen molar-refractivity contribution in [2.45, 2.75) is 0 Å². The largest absolute Gasteiger partial charge is 0.398 e. The normalized spacial score (nSPS) is 9.42. The Morgan fingerprint density at radius 3 is 1.92 bits per heavy atom. The van der Waals surface area contributed by atoms with Gasteiger partial charge in [-0.1, -0.05) is 0 Å². The van der Waals surface area contributed by atoms with E-state index in [0.29, 0.717) is 5.69 Å². The Kier molecular flexibility index (Phi) is 7.43. The van der Waals surface area contributed by atoms with Crippen LogP contribution in [-0.2, 0) is 9.68 Å². The fraction of sp³-hybridized carbons (Fsp3) is 0.133. The number of nitrogens with zero attached hydrogens (tertiary/aromatic N) is 4. The third kappa shape index (κ3) is 5.41. The van der Waals surface area contributed by atoms with Crippen molar-refractivity contribution in [2.24, 2.45) is 0 Å². The van der Waals surface area contributed by atoms with Crippen molar-refractivity contribution in [2.75, 3.05) is 25.2 Å². The van der Waals surface area contributed by atoms with Gasteiger partial charge in [-0.15, -0.1) is 5.23 Å². The van der Waals surface area contributed by atoms with Crippen LogP contribution in [0.1, 0.15) is 5.56 Å². The summed E-state index contributed by atoms with van der Waals surface area (Å²) < 4.78 is 0. The molecular weight excluding hydrogens is 346 g/mol. The smallest absolute Gasteiger partial charge is 0.270 e. The highest BCUT2D eigenvalue weighted by atomic mass is 16.9. The van der Waals surface area contributed by atoms with E-state index >= 15 is 0 Å². The van der Waals surface area contributed by atoms with Crippen LogP contribution in [0.4, 0.5) is 22.7 Å². The summed E-state index contributed by atoms with van der Waals surface area (Å²) in [4.78, 5) is 29.2. The number of non-ortho nitro benzene ring substituents is 2. The van der Waals surface area contributed by atoms with Crippen LogP contribution in [0, 0.1) is 31.6 Å². The standard InChI is InChI=1S/C8H10N2O4.C7H5N3O2/c1-13-10(14-2)8-5-3-7(4-6-8)9(11)12;8-4-5-3-6(10(11)12)1-2-7(5)9/h3-6H,1-2H3;1-3H,9H2. The lowest BCUT2D eigenvalue weighted by Gasteiger charge is -2.17. The van der Waals surface area contributed by atoms with Gasteiger partial charge in [0.05, 0.1) is 35.3 Å². The number of nitrogens with two attached hydrogens (primary N) is 1. The molecule has 2 rings (SSSR count). The number of nitro groups is 2. The van der Waals surface area contributed by atoms with Gasteiger partial charge in [0.15, 0.2) is 0 Å². The topological polar surface area (TPSA) is 158 Å². The predicted octanol–water partition coefficient (Wildman–Crippen LogP) is 2.57. The van der Waals surface area contributed by atoms with E-state index in [2.05, 4.69) is 0 Å². The van der Waals surface area contributed by atoms with Crippen molar-refractivity contribution in [3.63, 3.8) is 0 Å². The van der Waals surface area contributed by atoms with Gasteiger partial charge >= 0.3 is 0 Å². The van der Waals surface area contributed by atoms with Gasteiger partial charge < -0.3 is 5.73 Å². The first-order valence-corrected chi connectivity index (χ1v) is 6.90. The minimum atomic E-state index is -0.569. The molecule has 0 heterocycles. The first-order chi connectivity index (χ1) is 12.3. The molecule has 0 amide bonds. The van der Waals surface area contributed by atoms with Crippen LogP contribution in [0.15, 0.2) is 42.5 Å². The Labute approximate surface area is 148 Å². The van der Waals surface area contributed by atoms with Gasteiger partial charge in [-0.3, -0.25) is 29.9 Å². The zero-order valence-electron chi connectivity index (χ0n) is 13.9. The SMILES string of the molecule is CON(OC)c1ccc([N+](=O)[O-])cc1.N#Cc1cc([N+](=O)[O-])ccc1N. The van der Waals surface area contributed by atoms with Crippen molar-refractivity contribution in [3.05, 3.63) is 68.3 Å². The summed E-state index contributed by atoms with van der Waals surface area (Å²) in [6, 6.07) is 11.3. The molecule has 0 spiro atoms. The van der Waals surface area contributed by atoms with Crippen LogP contribution >= 0.6 is 0 Å². The third-order valence-electron chi connectivity index (χ3n) is 2.97. The monoisotopic (exact) mass is 361 g/mol.